The molecule has 5 nitrogen and oxygen atoms in total. The van der Waals surface area contributed by atoms with Crippen LogP contribution in [0.1, 0.15) is 11.1 Å². The van der Waals surface area contributed by atoms with Gasteiger partial charge in [-0.1, -0.05) is 18.3 Å². The van der Waals surface area contributed by atoms with E-state index >= 15 is 0 Å². The Morgan fingerprint density at radius 2 is 1.95 bits per heavy atom. The maximum Gasteiger partial charge on any atom is 0.243 e. The topological polar surface area (TPSA) is 80.5 Å². The van der Waals surface area contributed by atoms with E-state index in [0.717, 1.165) is 0 Å². The molecule has 20 heavy (non-hydrogen) atoms. The average Bonchev–Trinajstić information content (AvgIpc) is 2.38. The third-order valence-electron chi connectivity index (χ3n) is 3.21. The van der Waals surface area contributed by atoms with Gasteiger partial charge in [0.1, 0.15) is 4.99 Å². The third kappa shape index (κ3) is 3.08. The normalized spacial score (nSPS) is 18.1. The Hall–Kier alpha value is -0.830. The number of sulfonamides is 1. The van der Waals surface area contributed by atoms with Crippen LogP contribution < -0.4 is 5.73 Å². The van der Waals surface area contributed by atoms with Crippen LogP contribution >= 0.6 is 12.2 Å². The summed E-state index contributed by atoms with van der Waals surface area (Å²) in [5.74, 6) is 0.784. The van der Waals surface area contributed by atoms with Crippen LogP contribution in [0.4, 0.5) is 0 Å². The third-order valence-corrected chi connectivity index (χ3v) is 6.78. The molecule has 1 aliphatic heterocycles. The lowest BCUT2D eigenvalue weighted by Gasteiger charge is -2.26. The minimum Gasteiger partial charge on any atom is -0.389 e. The van der Waals surface area contributed by atoms with E-state index in [9.17, 15) is 12.6 Å². The van der Waals surface area contributed by atoms with E-state index in [-0.39, 0.29) is 9.88 Å². The van der Waals surface area contributed by atoms with E-state index in [4.69, 9.17) is 18.0 Å². The minimum absolute atomic E-state index is 0.241. The molecule has 8 heteroatoms. The number of thiocarbonyl (C=S) groups is 1. The van der Waals surface area contributed by atoms with Crippen LogP contribution in [-0.2, 0) is 20.8 Å². The van der Waals surface area contributed by atoms with Gasteiger partial charge in [0.15, 0.2) is 0 Å². The van der Waals surface area contributed by atoms with Crippen molar-refractivity contribution in [1.29, 1.82) is 0 Å². The van der Waals surface area contributed by atoms with Crippen LogP contribution in [0.15, 0.2) is 23.1 Å². The largest absolute Gasteiger partial charge is 0.389 e. The zero-order chi connectivity index (χ0) is 14.9. The molecule has 110 valence electrons. The van der Waals surface area contributed by atoms with E-state index in [2.05, 4.69) is 0 Å². The highest BCUT2D eigenvalue weighted by atomic mass is 32.2. The van der Waals surface area contributed by atoms with E-state index in [1.807, 2.05) is 0 Å². The highest BCUT2D eigenvalue weighted by Gasteiger charge is 2.29. The molecule has 0 saturated carbocycles. The zero-order valence-electron chi connectivity index (χ0n) is 11.0. The summed E-state index contributed by atoms with van der Waals surface area (Å²) in [6.45, 7) is 2.31. The van der Waals surface area contributed by atoms with Gasteiger partial charge >= 0.3 is 0 Å². The Balaban J connectivity index is 2.35. The van der Waals surface area contributed by atoms with Crippen molar-refractivity contribution in [3.63, 3.8) is 0 Å². The quantitative estimate of drug-likeness (QED) is 0.810. The molecular formula is C12H16N2O3S3. The summed E-state index contributed by atoms with van der Waals surface area (Å²) in [6, 6.07) is 4.83. The molecule has 0 bridgehead atoms. The van der Waals surface area contributed by atoms with Gasteiger partial charge in [0.2, 0.25) is 10.0 Å². The maximum absolute atomic E-state index is 12.6. The maximum atomic E-state index is 12.6. The number of nitrogens with two attached hydrogens (primary N) is 1. The summed E-state index contributed by atoms with van der Waals surface area (Å²) in [5.41, 5.74) is 6.80. The second-order valence-corrected chi connectivity index (χ2v) is 8.64. The average molecular weight is 332 g/mol. The van der Waals surface area contributed by atoms with Crippen molar-refractivity contribution in [1.82, 2.24) is 4.31 Å². The minimum atomic E-state index is -3.54. The highest BCUT2D eigenvalue weighted by molar-refractivity contribution is 7.89. The van der Waals surface area contributed by atoms with Gasteiger partial charge in [-0.3, -0.25) is 4.21 Å². The van der Waals surface area contributed by atoms with Gasteiger partial charge in [-0.15, -0.1) is 0 Å². The zero-order valence-corrected chi connectivity index (χ0v) is 13.5. The Kier molecular flexibility index (Phi) is 4.58. The van der Waals surface area contributed by atoms with Crippen LogP contribution in [0.5, 0.6) is 0 Å². The standard InChI is InChI=1S/C12H16N2O3S3/c1-9-8-10(12(13)18)2-3-11(9)20(16,17)14-4-6-19(15)7-5-14/h2-3,8H,4-7H2,1H3,(H2,13,18). The van der Waals surface area contributed by atoms with E-state index in [1.54, 1.807) is 19.1 Å². The van der Waals surface area contributed by atoms with Crippen molar-refractivity contribution in [2.24, 2.45) is 5.73 Å². The lowest BCUT2D eigenvalue weighted by atomic mass is 10.1. The van der Waals surface area contributed by atoms with Crippen LogP contribution in [0.25, 0.3) is 0 Å². The summed E-state index contributed by atoms with van der Waals surface area (Å²) >= 11 is 4.88. The van der Waals surface area contributed by atoms with Gasteiger partial charge in [0.05, 0.1) is 4.90 Å². The predicted molar refractivity (Wildman–Crippen MR) is 83.7 cm³/mol. The van der Waals surface area contributed by atoms with Crippen molar-refractivity contribution >= 4 is 38.0 Å². The van der Waals surface area contributed by atoms with Crippen molar-refractivity contribution in [3.8, 4) is 0 Å². The number of rotatable bonds is 3. The molecule has 1 aliphatic rings. The summed E-state index contributed by atoms with van der Waals surface area (Å²) in [6.07, 6.45) is 0. The summed E-state index contributed by atoms with van der Waals surface area (Å²) in [4.78, 5) is 0.496. The summed E-state index contributed by atoms with van der Waals surface area (Å²) in [7, 11) is -4.45. The van der Waals surface area contributed by atoms with E-state index in [0.29, 0.717) is 35.7 Å². The molecular weight excluding hydrogens is 316 g/mol. The second-order valence-electron chi connectivity index (χ2n) is 4.60. The molecule has 1 saturated heterocycles. The molecule has 0 aliphatic carbocycles. The molecule has 1 aromatic rings. The van der Waals surface area contributed by atoms with Crippen molar-refractivity contribution < 1.29 is 12.6 Å². The van der Waals surface area contributed by atoms with Gasteiger partial charge in [-0.05, 0) is 24.6 Å². The van der Waals surface area contributed by atoms with Crippen LogP contribution in [-0.4, -0.2) is 46.5 Å². The number of aryl methyl sites for hydroxylation is 1. The molecule has 1 heterocycles. The van der Waals surface area contributed by atoms with Gasteiger partial charge in [0.25, 0.3) is 0 Å². The SMILES string of the molecule is Cc1cc(C(N)=S)ccc1S(=O)(=O)N1CCS(=O)CC1. The Labute approximate surface area is 126 Å². The molecule has 2 rings (SSSR count). The van der Waals surface area contributed by atoms with Gasteiger partial charge in [-0.25, -0.2) is 8.42 Å². The smallest absolute Gasteiger partial charge is 0.243 e. The second kappa shape index (κ2) is 5.88. The fourth-order valence-electron chi connectivity index (χ4n) is 2.09. The van der Waals surface area contributed by atoms with Gasteiger partial charge < -0.3 is 5.73 Å². The van der Waals surface area contributed by atoms with E-state index < -0.39 is 20.8 Å². The van der Waals surface area contributed by atoms with Crippen molar-refractivity contribution in [2.75, 3.05) is 24.6 Å². The first-order valence-corrected chi connectivity index (χ1v) is 9.41. The van der Waals surface area contributed by atoms with E-state index in [1.165, 1.54) is 10.4 Å². The summed E-state index contributed by atoms with van der Waals surface area (Å²) in [5, 5.41) is 0. The fourth-order valence-corrected chi connectivity index (χ4v) is 5.15. The van der Waals surface area contributed by atoms with Gasteiger partial charge in [-0.2, -0.15) is 4.31 Å². The Morgan fingerprint density at radius 3 is 2.45 bits per heavy atom. The van der Waals surface area contributed by atoms with Crippen LogP contribution in [0.3, 0.4) is 0 Å². The molecule has 0 aromatic heterocycles. The molecule has 0 amide bonds. The Bertz CT molecular complexity index is 661. The Morgan fingerprint density at radius 1 is 1.35 bits per heavy atom. The number of benzene rings is 1. The lowest BCUT2D eigenvalue weighted by Crippen LogP contribution is -2.41. The molecule has 0 unspecified atom stereocenters. The molecule has 1 aromatic carbocycles. The first kappa shape index (κ1) is 15.6. The molecule has 2 N–H and O–H groups in total. The summed E-state index contributed by atoms with van der Waals surface area (Å²) < 4.78 is 37.8. The fraction of sp³-hybridized carbons (Fsp3) is 0.417. The first-order chi connectivity index (χ1) is 9.32. The predicted octanol–water partition coefficient (Wildman–Crippen LogP) is 0.382. The first-order valence-electron chi connectivity index (χ1n) is 6.08. The van der Waals surface area contributed by atoms with Crippen LogP contribution in [0, 0.1) is 6.92 Å². The lowest BCUT2D eigenvalue weighted by molar-refractivity contribution is 0.438. The van der Waals surface area contributed by atoms with Gasteiger partial charge in [0, 0.05) is 41.0 Å². The van der Waals surface area contributed by atoms with Crippen molar-refractivity contribution in [3.05, 3.63) is 29.3 Å². The number of hydrogen-bond acceptors (Lipinski definition) is 4. The molecule has 0 spiro atoms. The van der Waals surface area contributed by atoms with Crippen LogP contribution in [0.2, 0.25) is 0 Å². The number of hydrogen-bond donors (Lipinski definition) is 1. The highest BCUT2D eigenvalue weighted by Crippen LogP contribution is 2.22. The monoisotopic (exact) mass is 332 g/mol. The van der Waals surface area contributed by atoms with Crippen molar-refractivity contribution in [2.45, 2.75) is 11.8 Å². The molecule has 0 atom stereocenters. The molecule has 1 fully saturated rings. The molecule has 0 radical (unpaired) electrons. The number of nitrogens with zero attached hydrogens (tertiary/aromatic N) is 1.